The van der Waals surface area contributed by atoms with Gasteiger partial charge < -0.3 is 10.1 Å². The number of anilines is 1. The molecule has 1 N–H and O–H groups in total. The van der Waals surface area contributed by atoms with Gasteiger partial charge in [0.05, 0.1) is 7.11 Å². The molecule has 1 aromatic rings. The van der Waals surface area contributed by atoms with Crippen molar-refractivity contribution in [1.29, 1.82) is 5.26 Å². The number of nitrogens with zero attached hydrogens (tertiary/aromatic N) is 1. The maximum absolute atomic E-state index is 11.1. The van der Waals surface area contributed by atoms with Gasteiger partial charge in [0.25, 0.3) is 0 Å². The molecule has 0 spiro atoms. The minimum absolute atomic E-state index is 0.105. The summed E-state index contributed by atoms with van der Waals surface area (Å²) in [6.07, 6.45) is 1.30. The Hall–Kier alpha value is -1.99. The zero-order chi connectivity index (χ0) is 12.8. The van der Waals surface area contributed by atoms with Crippen LogP contribution in [0.25, 0.3) is 0 Å². The molecule has 0 saturated carbocycles. The fourth-order valence-corrected chi connectivity index (χ4v) is 1.32. The fourth-order valence-electron chi connectivity index (χ4n) is 1.15. The molecule has 88 valence electrons. The zero-order valence-electron chi connectivity index (χ0n) is 9.45. The summed E-state index contributed by atoms with van der Waals surface area (Å²) >= 11 is 5.84. The third-order valence-corrected chi connectivity index (χ3v) is 2.33. The van der Waals surface area contributed by atoms with Crippen LogP contribution in [0.5, 0.6) is 0 Å². The predicted octanol–water partition coefficient (Wildman–Crippen LogP) is 2.64. The lowest BCUT2D eigenvalue weighted by Gasteiger charge is -2.06. The molecule has 0 unspecified atom stereocenters. The molecular formula is C12H11ClN2O2. The summed E-state index contributed by atoms with van der Waals surface area (Å²) in [5, 5.41) is 12.2. The number of methoxy groups -OCH3 is 1. The predicted molar refractivity (Wildman–Crippen MR) is 65.5 cm³/mol. The van der Waals surface area contributed by atoms with Gasteiger partial charge in [0.2, 0.25) is 0 Å². The molecule has 4 nitrogen and oxygen atoms in total. The van der Waals surface area contributed by atoms with Gasteiger partial charge >= 0.3 is 5.97 Å². The van der Waals surface area contributed by atoms with E-state index in [9.17, 15) is 4.79 Å². The Morgan fingerprint density at radius 1 is 1.59 bits per heavy atom. The Bertz CT molecular complexity index is 504. The molecule has 0 bridgehead atoms. The highest BCUT2D eigenvalue weighted by Crippen LogP contribution is 2.20. The number of nitrogens with one attached hydrogen (secondary N) is 1. The van der Waals surface area contributed by atoms with Crippen molar-refractivity contribution in [2.75, 3.05) is 12.4 Å². The standard InChI is InChI=1S/C12H11ClN2O2/c1-8-3-4-10(13)5-11(8)15-7-9(6-14)12(16)17-2/h3-5,7,15H,1-2H3/b9-7-. The van der Waals surface area contributed by atoms with Crippen LogP contribution in [0.4, 0.5) is 5.69 Å². The quantitative estimate of drug-likeness (QED) is 0.509. The van der Waals surface area contributed by atoms with Gasteiger partial charge in [-0.15, -0.1) is 0 Å². The highest BCUT2D eigenvalue weighted by atomic mass is 35.5. The molecule has 0 aliphatic rings. The summed E-state index contributed by atoms with van der Waals surface area (Å²) in [6, 6.07) is 7.05. The lowest BCUT2D eigenvalue weighted by molar-refractivity contribution is -0.135. The first-order valence-corrected chi connectivity index (χ1v) is 5.17. The summed E-state index contributed by atoms with van der Waals surface area (Å²) in [5.41, 5.74) is 1.58. The van der Waals surface area contributed by atoms with Crippen LogP contribution in [0.2, 0.25) is 5.02 Å². The van der Waals surface area contributed by atoms with E-state index in [1.807, 2.05) is 13.0 Å². The van der Waals surface area contributed by atoms with Crippen LogP contribution in [0.1, 0.15) is 5.56 Å². The van der Waals surface area contributed by atoms with Crippen molar-refractivity contribution >= 4 is 23.3 Å². The lowest BCUT2D eigenvalue weighted by Crippen LogP contribution is -2.05. The number of benzene rings is 1. The third-order valence-electron chi connectivity index (χ3n) is 2.10. The van der Waals surface area contributed by atoms with Crippen LogP contribution < -0.4 is 5.32 Å². The summed E-state index contributed by atoms with van der Waals surface area (Å²) in [6.45, 7) is 1.89. The SMILES string of the molecule is COC(=O)/C(C#N)=C\Nc1cc(Cl)ccc1C. The normalized spacial score (nSPS) is 10.6. The Labute approximate surface area is 104 Å². The summed E-state index contributed by atoms with van der Waals surface area (Å²) in [7, 11) is 1.22. The monoisotopic (exact) mass is 250 g/mol. The van der Waals surface area contributed by atoms with Gasteiger partial charge in [0, 0.05) is 16.9 Å². The summed E-state index contributed by atoms with van der Waals surface area (Å²) < 4.78 is 4.45. The van der Waals surface area contributed by atoms with Crippen molar-refractivity contribution < 1.29 is 9.53 Å². The number of aryl methyl sites for hydroxylation is 1. The first kappa shape index (κ1) is 13.1. The van der Waals surface area contributed by atoms with Crippen LogP contribution in [0.3, 0.4) is 0 Å². The molecule has 0 fully saturated rings. The van der Waals surface area contributed by atoms with Gasteiger partial charge in [0.1, 0.15) is 6.07 Å². The van der Waals surface area contributed by atoms with E-state index in [0.29, 0.717) is 5.02 Å². The molecule has 1 aromatic carbocycles. The largest absolute Gasteiger partial charge is 0.465 e. The molecule has 0 aliphatic carbocycles. The second-order valence-electron chi connectivity index (χ2n) is 3.26. The van der Waals surface area contributed by atoms with Crippen molar-refractivity contribution in [2.24, 2.45) is 0 Å². The maximum atomic E-state index is 11.1. The number of esters is 1. The Morgan fingerprint density at radius 3 is 2.88 bits per heavy atom. The van der Waals surface area contributed by atoms with Crippen molar-refractivity contribution in [3.8, 4) is 6.07 Å². The number of nitriles is 1. The molecule has 0 radical (unpaired) electrons. The number of carbonyl (C=O) groups excluding carboxylic acids is 1. The average molecular weight is 251 g/mol. The molecule has 5 heteroatoms. The highest BCUT2D eigenvalue weighted by molar-refractivity contribution is 6.30. The van der Waals surface area contributed by atoms with E-state index in [2.05, 4.69) is 10.1 Å². The first-order chi connectivity index (χ1) is 8.08. The van der Waals surface area contributed by atoms with Crippen LogP contribution in [0, 0.1) is 18.3 Å². The van der Waals surface area contributed by atoms with Crippen molar-refractivity contribution in [1.82, 2.24) is 0 Å². The minimum Gasteiger partial charge on any atom is -0.465 e. The van der Waals surface area contributed by atoms with E-state index >= 15 is 0 Å². The van der Waals surface area contributed by atoms with E-state index in [1.165, 1.54) is 13.3 Å². The van der Waals surface area contributed by atoms with Gasteiger partial charge in [-0.05, 0) is 24.6 Å². The molecule has 0 saturated heterocycles. The van der Waals surface area contributed by atoms with Gasteiger partial charge in [-0.2, -0.15) is 5.26 Å². The van der Waals surface area contributed by atoms with Crippen molar-refractivity contribution in [3.63, 3.8) is 0 Å². The smallest absolute Gasteiger partial charge is 0.350 e. The van der Waals surface area contributed by atoms with Gasteiger partial charge in [-0.3, -0.25) is 0 Å². The number of rotatable bonds is 3. The molecule has 0 amide bonds. The van der Waals surface area contributed by atoms with Gasteiger partial charge in [-0.1, -0.05) is 17.7 Å². The maximum Gasteiger partial charge on any atom is 0.350 e. The van der Waals surface area contributed by atoms with Crippen molar-refractivity contribution in [2.45, 2.75) is 6.92 Å². The molecule has 17 heavy (non-hydrogen) atoms. The number of hydrogen-bond donors (Lipinski definition) is 1. The van der Waals surface area contributed by atoms with E-state index in [4.69, 9.17) is 16.9 Å². The van der Waals surface area contributed by atoms with E-state index < -0.39 is 5.97 Å². The highest BCUT2D eigenvalue weighted by Gasteiger charge is 2.08. The van der Waals surface area contributed by atoms with Crippen LogP contribution in [-0.2, 0) is 9.53 Å². The van der Waals surface area contributed by atoms with Crippen LogP contribution in [-0.4, -0.2) is 13.1 Å². The molecule has 0 aliphatic heterocycles. The van der Waals surface area contributed by atoms with E-state index in [1.54, 1.807) is 18.2 Å². The average Bonchev–Trinajstić information content (AvgIpc) is 2.33. The Kier molecular flexibility index (Phi) is 4.56. The minimum atomic E-state index is -0.681. The second kappa shape index (κ2) is 5.92. The number of ether oxygens (including phenoxy) is 1. The molecule has 0 heterocycles. The third kappa shape index (κ3) is 3.51. The molecule has 0 aromatic heterocycles. The Balaban J connectivity index is 2.92. The van der Waals surface area contributed by atoms with Crippen LogP contribution >= 0.6 is 11.6 Å². The molecule has 0 atom stereocenters. The topological polar surface area (TPSA) is 62.1 Å². The fraction of sp³-hybridized carbons (Fsp3) is 0.167. The van der Waals surface area contributed by atoms with Crippen molar-refractivity contribution in [3.05, 3.63) is 40.6 Å². The Morgan fingerprint density at radius 2 is 2.29 bits per heavy atom. The zero-order valence-corrected chi connectivity index (χ0v) is 10.2. The second-order valence-corrected chi connectivity index (χ2v) is 3.70. The number of hydrogen-bond acceptors (Lipinski definition) is 4. The first-order valence-electron chi connectivity index (χ1n) is 4.79. The molecule has 1 rings (SSSR count). The van der Waals surface area contributed by atoms with Crippen LogP contribution in [0.15, 0.2) is 30.0 Å². The van der Waals surface area contributed by atoms with E-state index in [-0.39, 0.29) is 5.57 Å². The van der Waals surface area contributed by atoms with E-state index in [0.717, 1.165) is 11.3 Å². The summed E-state index contributed by atoms with van der Waals surface area (Å²) in [4.78, 5) is 11.1. The lowest BCUT2D eigenvalue weighted by atomic mass is 10.2. The molecular weight excluding hydrogens is 240 g/mol. The van der Waals surface area contributed by atoms with Gasteiger partial charge in [0.15, 0.2) is 5.57 Å². The number of carbonyl (C=O) groups is 1. The summed E-state index contributed by atoms with van der Waals surface area (Å²) in [5.74, 6) is -0.681. The van der Waals surface area contributed by atoms with Gasteiger partial charge in [-0.25, -0.2) is 4.79 Å². The number of halogens is 1.